The molecule has 0 aliphatic heterocycles. The largest absolute Gasteiger partial charge is 0.308 e. The lowest BCUT2D eigenvalue weighted by atomic mass is 9.92. The van der Waals surface area contributed by atoms with E-state index in [9.17, 15) is 0 Å². The molecule has 0 bridgehead atoms. The smallest absolute Gasteiger partial charge is 0.0762 e. The second kappa shape index (κ2) is 4.81. The van der Waals surface area contributed by atoms with Crippen LogP contribution in [0.4, 0.5) is 0 Å². The van der Waals surface area contributed by atoms with E-state index in [1.165, 1.54) is 19.3 Å². The van der Waals surface area contributed by atoms with E-state index in [4.69, 9.17) is 0 Å². The van der Waals surface area contributed by atoms with Crippen LogP contribution in [0.25, 0.3) is 0 Å². The molecule has 1 saturated carbocycles. The first kappa shape index (κ1) is 12.6. The van der Waals surface area contributed by atoms with Crippen molar-refractivity contribution in [3.8, 4) is 0 Å². The summed E-state index contributed by atoms with van der Waals surface area (Å²) in [5.41, 5.74) is 1.68. The standard InChI is InChI=1S/C14H25N3/c1-11(2)17-8-6-13(16-17)10-15-12-5-7-14(3,4)9-12/h6,8,11-12,15H,5,7,9-10H2,1-4H3. The second-order valence-electron chi connectivity index (χ2n) is 6.37. The number of nitrogens with zero attached hydrogens (tertiary/aromatic N) is 2. The normalized spacial score (nSPS) is 23.5. The molecule has 0 spiro atoms. The van der Waals surface area contributed by atoms with Gasteiger partial charge in [-0.1, -0.05) is 13.8 Å². The minimum atomic E-state index is 0.453. The van der Waals surface area contributed by atoms with Crippen LogP contribution in [0.3, 0.4) is 0 Å². The van der Waals surface area contributed by atoms with Gasteiger partial charge in [-0.25, -0.2) is 0 Å². The van der Waals surface area contributed by atoms with E-state index in [1.807, 2.05) is 4.68 Å². The molecule has 1 aliphatic carbocycles. The highest BCUT2D eigenvalue weighted by Gasteiger charge is 2.30. The summed E-state index contributed by atoms with van der Waals surface area (Å²) < 4.78 is 2.02. The lowest BCUT2D eigenvalue weighted by molar-refractivity contribution is 0.363. The minimum Gasteiger partial charge on any atom is -0.308 e. The number of nitrogens with one attached hydrogen (secondary N) is 1. The molecule has 0 saturated heterocycles. The van der Waals surface area contributed by atoms with E-state index in [0.29, 0.717) is 17.5 Å². The molecule has 1 heterocycles. The third-order valence-corrected chi connectivity index (χ3v) is 3.73. The Morgan fingerprint density at radius 1 is 1.53 bits per heavy atom. The van der Waals surface area contributed by atoms with Crippen LogP contribution >= 0.6 is 0 Å². The zero-order chi connectivity index (χ0) is 12.5. The van der Waals surface area contributed by atoms with Crippen LogP contribution in [0.2, 0.25) is 0 Å². The van der Waals surface area contributed by atoms with Crippen molar-refractivity contribution in [3.63, 3.8) is 0 Å². The van der Waals surface area contributed by atoms with E-state index < -0.39 is 0 Å². The summed E-state index contributed by atoms with van der Waals surface area (Å²) >= 11 is 0. The Morgan fingerprint density at radius 3 is 2.82 bits per heavy atom. The Hall–Kier alpha value is -0.830. The van der Waals surface area contributed by atoms with Gasteiger partial charge in [0.25, 0.3) is 0 Å². The second-order valence-corrected chi connectivity index (χ2v) is 6.37. The van der Waals surface area contributed by atoms with E-state index in [1.54, 1.807) is 0 Å². The summed E-state index contributed by atoms with van der Waals surface area (Å²) in [6.07, 6.45) is 6.00. The lowest BCUT2D eigenvalue weighted by Gasteiger charge is -2.17. The van der Waals surface area contributed by atoms with Crippen molar-refractivity contribution < 1.29 is 0 Å². The molecule has 1 aromatic rings. The van der Waals surface area contributed by atoms with Crippen molar-refractivity contribution in [3.05, 3.63) is 18.0 Å². The molecule has 1 aliphatic rings. The summed E-state index contributed by atoms with van der Waals surface area (Å²) in [5.74, 6) is 0. The third-order valence-electron chi connectivity index (χ3n) is 3.73. The molecule has 3 heteroatoms. The predicted molar refractivity (Wildman–Crippen MR) is 70.9 cm³/mol. The molecule has 0 aromatic carbocycles. The minimum absolute atomic E-state index is 0.453. The van der Waals surface area contributed by atoms with E-state index in [2.05, 4.69) is 50.4 Å². The quantitative estimate of drug-likeness (QED) is 0.869. The molecular weight excluding hydrogens is 210 g/mol. The number of hydrogen-bond acceptors (Lipinski definition) is 2. The number of aromatic nitrogens is 2. The van der Waals surface area contributed by atoms with Gasteiger partial charge in [0.1, 0.15) is 0 Å². The van der Waals surface area contributed by atoms with Gasteiger partial charge in [0.2, 0.25) is 0 Å². The highest BCUT2D eigenvalue weighted by atomic mass is 15.3. The molecular formula is C14H25N3. The topological polar surface area (TPSA) is 29.9 Å². The average molecular weight is 235 g/mol. The van der Waals surface area contributed by atoms with Crippen LogP contribution in [0.5, 0.6) is 0 Å². The van der Waals surface area contributed by atoms with Gasteiger partial charge in [0, 0.05) is 24.8 Å². The molecule has 3 nitrogen and oxygen atoms in total. The molecule has 1 aromatic heterocycles. The molecule has 1 fully saturated rings. The molecule has 0 amide bonds. The monoisotopic (exact) mass is 235 g/mol. The van der Waals surface area contributed by atoms with E-state index in [-0.39, 0.29) is 0 Å². The number of hydrogen-bond donors (Lipinski definition) is 1. The van der Waals surface area contributed by atoms with Crippen molar-refractivity contribution in [1.82, 2.24) is 15.1 Å². The number of rotatable bonds is 4. The van der Waals surface area contributed by atoms with Crippen LogP contribution in [-0.2, 0) is 6.54 Å². The summed E-state index contributed by atoms with van der Waals surface area (Å²) in [6, 6.07) is 3.25. The summed E-state index contributed by atoms with van der Waals surface area (Å²) in [6.45, 7) is 9.94. The van der Waals surface area contributed by atoms with Crippen molar-refractivity contribution in [2.75, 3.05) is 0 Å². The maximum absolute atomic E-state index is 4.56. The van der Waals surface area contributed by atoms with Crippen molar-refractivity contribution >= 4 is 0 Å². The van der Waals surface area contributed by atoms with E-state index in [0.717, 1.165) is 12.2 Å². The highest BCUT2D eigenvalue weighted by Crippen LogP contribution is 2.36. The maximum atomic E-state index is 4.56. The highest BCUT2D eigenvalue weighted by molar-refractivity contribution is 5.00. The van der Waals surface area contributed by atoms with Gasteiger partial charge in [-0.3, -0.25) is 4.68 Å². The Labute approximate surface area is 105 Å². The third kappa shape index (κ3) is 3.32. The SMILES string of the molecule is CC(C)n1ccc(CNC2CCC(C)(C)C2)n1. The van der Waals surface area contributed by atoms with Gasteiger partial charge in [-0.05, 0) is 44.6 Å². The van der Waals surface area contributed by atoms with Gasteiger partial charge >= 0.3 is 0 Å². The molecule has 96 valence electrons. The fourth-order valence-electron chi connectivity index (χ4n) is 2.62. The van der Waals surface area contributed by atoms with Crippen LogP contribution in [-0.4, -0.2) is 15.8 Å². The van der Waals surface area contributed by atoms with Gasteiger partial charge < -0.3 is 5.32 Å². The zero-order valence-corrected chi connectivity index (χ0v) is 11.5. The van der Waals surface area contributed by atoms with Crippen molar-refractivity contribution in [2.45, 2.75) is 65.6 Å². The first-order chi connectivity index (χ1) is 7.96. The fourth-order valence-corrected chi connectivity index (χ4v) is 2.62. The Morgan fingerprint density at radius 2 is 2.29 bits per heavy atom. The molecule has 1 atom stereocenters. The molecule has 2 rings (SSSR count). The Bertz CT molecular complexity index is 365. The Balaban J connectivity index is 1.82. The average Bonchev–Trinajstić information content (AvgIpc) is 2.81. The summed E-state index contributed by atoms with van der Waals surface area (Å²) in [5, 5.41) is 8.19. The fraction of sp³-hybridized carbons (Fsp3) is 0.786. The van der Waals surface area contributed by atoms with E-state index >= 15 is 0 Å². The van der Waals surface area contributed by atoms with Gasteiger partial charge in [0.15, 0.2) is 0 Å². The Kier molecular flexibility index (Phi) is 3.57. The summed E-state index contributed by atoms with van der Waals surface area (Å²) in [4.78, 5) is 0. The molecule has 0 radical (unpaired) electrons. The predicted octanol–water partition coefficient (Wildman–Crippen LogP) is 3.13. The van der Waals surface area contributed by atoms with Gasteiger partial charge in [-0.2, -0.15) is 5.10 Å². The lowest BCUT2D eigenvalue weighted by Crippen LogP contribution is -2.27. The molecule has 17 heavy (non-hydrogen) atoms. The first-order valence-corrected chi connectivity index (χ1v) is 6.74. The van der Waals surface area contributed by atoms with Crippen LogP contribution in [0.15, 0.2) is 12.3 Å². The van der Waals surface area contributed by atoms with Gasteiger partial charge in [0.05, 0.1) is 5.69 Å². The zero-order valence-electron chi connectivity index (χ0n) is 11.5. The maximum Gasteiger partial charge on any atom is 0.0762 e. The van der Waals surface area contributed by atoms with Crippen molar-refractivity contribution in [2.24, 2.45) is 5.41 Å². The summed E-state index contributed by atoms with van der Waals surface area (Å²) in [7, 11) is 0. The first-order valence-electron chi connectivity index (χ1n) is 6.74. The van der Waals surface area contributed by atoms with Crippen molar-refractivity contribution in [1.29, 1.82) is 0 Å². The van der Waals surface area contributed by atoms with Gasteiger partial charge in [-0.15, -0.1) is 0 Å². The van der Waals surface area contributed by atoms with Crippen LogP contribution in [0.1, 0.15) is 58.7 Å². The molecule has 1 N–H and O–H groups in total. The van der Waals surface area contributed by atoms with Crippen LogP contribution in [0, 0.1) is 5.41 Å². The van der Waals surface area contributed by atoms with Crippen LogP contribution < -0.4 is 5.32 Å². The molecule has 1 unspecified atom stereocenters.